The highest BCUT2D eigenvalue weighted by atomic mass is 32.2. The summed E-state index contributed by atoms with van der Waals surface area (Å²) in [5, 5.41) is 9.59. The first-order chi connectivity index (χ1) is 12.4. The van der Waals surface area contributed by atoms with Gasteiger partial charge in [0.2, 0.25) is 5.91 Å². The second-order valence-electron chi connectivity index (χ2n) is 5.53. The minimum Gasteiger partial charge on any atom is -0.398 e. The Morgan fingerprint density at radius 1 is 1.52 bits per heavy atom. The van der Waals surface area contributed by atoms with Crippen molar-refractivity contribution in [3.05, 3.63) is 11.1 Å². The van der Waals surface area contributed by atoms with E-state index in [9.17, 15) is 27.4 Å². The highest BCUT2D eigenvalue weighted by Gasteiger charge is 2.64. The third kappa shape index (κ3) is 3.83. The van der Waals surface area contributed by atoms with Gasteiger partial charge in [-0.1, -0.05) is 5.16 Å². The molecule has 1 aromatic rings. The number of nitrogens with one attached hydrogen (secondary N) is 2. The maximum Gasteiger partial charge on any atom is 0.364 e. The van der Waals surface area contributed by atoms with Crippen LogP contribution >= 0.6 is 11.3 Å². The van der Waals surface area contributed by atoms with Gasteiger partial charge in [0.05, 0.1) is 0 Å². The average Bonchev–Trinajstić information content (AvgIpc) is 2.96. The predicted octanol–water partition coefficient (Wildman–Crippen LogP) is -1.94. The number of hydrogen-bond acceptors (Lipinski definition) is 10. The quantitative estimate of drug-likeness (QED) is 0.175. The molecule has 1 fully saturated rings. The van der Waals surface area contributed by atoms with E-state index in [1.807, 2.05) is 0 Å². The van der Waals surface area contributed by atoms with Crippen molar-refractivity contribution in [1.82, 2.24) is 19.9 Å². The van der Waals surface area contributed by atoms with Gasteiger partial charge < -0.3 is 21.2 Å². The van der Waals surface area contributed by atoms with Crippen LogP contribution in [0.2, 0.25) is 0 Å². The number of amides is 3. The Kier molecular flexibility index (Phi) is 5.39. The summed E-state index contributed by atoms with van der Waals surface area (Å²) in [6.45, 7) is 2.25. The lowest BCUT2D eigenvalue weighted by atomic mass is 9.88. The summed E-state index contributed by atoms with van der Waals surface area (Å²) in [5.74, 6) is -2.80. The van der Waals surface area contributed by atoms with Crippen LogP contribution < -0.4 is 16.4 Å². The third-order valence-corrected chi connectivity index (χ3v) is 5.10. The smallest absolute Gasteiger partial charge is 0.364 e. The van der Waals surface area contributed by atoms with Crippen LogP contribution in [0.1, 0.15) is 19.5 Å². The van der Waals surface area contributed by atoms with Gasteiger partial charge in [0.1, 0.15) is 12.8 Å². The molecule has 2 heterocycles. The Hall–Kier alpha value is -2.78. The van der Waals surface area contributed by atoms with Crippen LogP contribution in [0.4, 0.5) is 5.13 Å². The van der Waals surface area contributed by atoms with Crippen LogP contribution in [0.25, 0.3) is 0 Å². The summed E-state index contributed by atoms with van der Waals surface area (Å²) in [4.78, 5) is 44.7. The number of carbonyl (C=O) groups is 3. The van der Waals surface area contributed by atoms with Gasteiger partial charge in [-0.05, 0) is 6.92 Å². The number of nitrogens with zero attached hydrogens (tertiary/aromatic N) is 3. The molecule has 2 rings (SSSR count). The Morgan fingerprint density at radius 3 is 2.59 bits per heavy atom. The van der Waals surface area contributed by atoms with Crippen molar-refractivity contribution in [2.24, 2.45) is 5.16 Å². The molecule has 1 aromatic heterocycles. The maximum absolute atomic E-state index is 12.6. The number of carbonyl (C=O) groups excluding carboxylic acids is 3. The van der Waals surface area contributed by atoms with E-state index in [-0.39, 0.29) is 20.8 Å². The first-order valence-corrected chi connectivity index (χ1v) is 9.43. The number of β-lactam (4-membered cyclic amide) rings is 1. The molecule has 27 heavy (non-hydrogen) atoms. The fourth-order valence-corrected chi connectivity index (χ4v) is 3.85. The van der Waals surface area contributed by atoms with Crippen molar-refractivity contribution in [3.63, 3.8) is 0 Å². The number of hydrogen-bond donors (Lipinski definition) is 4. The van der Waals surface area contributed by atoms with Crippen LogP contribution in [0.5, 0.6) is 0 Å². The van der Waals surface area contributed by atoms with Crippen molar-refractivity contribution in [2.45, 2.75) is 25.6 Å². The van der Waals surface area contributed by atoms with Crippen LogP contribution in [0, 0.1) is 0 Å². The van der Waals surface area contributed by atoms with E-state index >= 15 is 0 Å². The first-order valence-electron chi connectivity index (χ1n) is 7.15. The second kappa shape index (κ2) is 7.09. The van der Waals surface area contributed by atoms with Crippen molar-refractivity contribution >= 4 is 50.2 Å². The van der Waals surface area contributed by atoms with Crippen molar-refractivity contribution in [3.8, 4) is 0 Å². The fourth-order valence-electron chi connectivity index (χ4n) is 2.37. The topological polar surface area (TPSA) is 193 Å². The van der Waals surface area contributed by atoms with Crippen molar-refractivity contribution < 1.29 is 32.2 Å². The highest BCUT2D eigenvalue weighted by molar-refractivity contribution is 7.84. The monoisotopic (exact) mass is 420 g/mol. The van der Waals surface area contributed by atoms with E-state index in [1.165, 1.54) is 19.4 Å². The van der Waals surface area contributed by atoms with Gasteiger partial charge in [-0.2, -0.15) is 12.7 Å². The van der Waals surface area contributed by atoms with Gasteiger partial charge in [0, 0.05) is 12.3 Å². The minimum atomic E-state index is -4.96. The summed E-state index contributed by atoms with van der Waals surface area (Å²) in [6.07, 6.45) is -1.55. The van der Waals surface area contributed by atoms with Gasteiger partial charge in [-0.3, -0.25) is 18.9 Å². The molecule has 13 nitrogen and oxygen atoms in total. The molecule has 5 N–H and O–H groups in total. The molecule has 1 saturated heterocycles. The molecule has 1 aliphatic rings. The molecule has 0 unspecified atom stereocenters. The summed E-state index contributed by atoms with van der Waals surface area (Å²) in [6, 6.07) is 0. The lowest BCUT2D eigenvalue weighted by Crippen LogP contribution is -2.84. The zero-order valence-electron chi connectivity index (χ0n) is 14.3. The molecular formula is C12H16N6O7S2. The van der Waals surface area contributed by atoms with Crippen molar-refractivity contribution in [1.29, 1.82) is 0 Å². The van der Waals surface area contributed by atoms with E-state index in [4.69, 9.17) is 5.73 Å². The molecule has 0 radical (unpaired) electrons. The standard InChI is InChI=1S/C12H16N6O7S2/c1-5(19)14-9-12(2,10(21)18(9)27(22,23)24)16-8(20)7(17-25-3)6-4-26-11(13)15-6/h4,9H,1-3H3,(H2,13,15)(H,14,19)(H,16,20)(H,22,23,24)/t9-,12-/m1/s1. The number of rotatable bonds is 6. The van der Waals surface area contributed by atoms with E-state index < -0.39 is 39.7 Å². The zero-order valence-corrected chi connectivity index (χ0v) is 15.9. The largest absolute Gasteiger partial charge is 0.398 e. The first kappa shape index (κ1) is 20.5. The normalized spacial score (nSPS) is 22.8. The van der Waals surface area contributed by atoms with Crippen LogP contribution in [-0.2, 0) is 29.5 Å². The van der Waals surface area contributed by atoms with Gasteiger partial charge in [-0.15, -0.1) is 11.3 Å². The van der Waals surface area contributed by atoms with E-state index in [1.54, 1.807) is 0 Å². The summed E-state index contributed by atoms with van der Waals surface area (Å²) >= 11 is 1.03. The third-order valence-electron chi connectivity index (χ3n) is 3.55. The zero-order chi connectivity index (χ0) is 20.6. The number of anilines is 1. The van der Waals surface area contributed by atoms with Gasteiger partial charge >= 0.3 is 10.3 Å². The number of thiazole rings is 1. The minimum absolute atomic E-state index is 0.0443. The van der Waals surface area contributed by atoms with Gasteiger partial charge in [0.15, 0.2) is 22.5 Å². The summed E-state index contributed by atoms with van der Waals surface area (Å²) in [7, 11) is -3.78. The summed E-state index contributed by atoms with van der Waals surface area (Å²) < 4.78 is 32.0. The Balaban J connectivity index is 2.34. The van der Waals surface area contributed by atoms with E-state index in [0.29, 0.717) is 0 Å². The lowest BCUT2D eigenvalue weighted by molar-refractivity contribution is -0.157. The molecule has 15 heteroatoms. The number of nitrogen functional groups attached to an aromatic ring is 1. The van der Waals surface area contributed by atoms with Crippen LogP contribution in [-0.4, -0.2) is 64.5 Å². The fraction of sp³-hybridized carbons (Fsp3) is 0.417. The predicted molar refractivity (Wildman–Crippen MR) is 92.6 cm³/mol. The number of nitrogens with two attached hydrogens (primary N) is 1. The maximum atomic E-state index is 12.6. The molecule has 1 aliphatic heterocycles. The van der Waals surface area contributed by atoms with Gasteiger partial charge in [-0.25, -0.2) is 4.98 Å². The van der Waals surface area contributed by atoms with Gasteiger partial charge in [0.25, 0.3) is 11.8 Å². The average molecular weight is 420 g/mol. The Bertz CT molecular complexity index is 926. The molecule has 0 saturated carbocycles. The molecule has 2 atom stereocenters. The Labute approximate surface area is 157 Å². The molecular weight excluding hydrogens is 404 g/mol. The molecule has 148 valence electrons. The highest BCUT2D eigenvalue weighted by Crippen LogP contribution is 2.31. The SMILES string of the molecule is CON=C(C(=O)N[C@@]1(C)C(=O)N(S(=O)(=O)O)[C@H]1NC(C)=O)c1csc(N)n1. The van der Waals surface area contributed by atoms with E-state index in [0.717, 1.165) is 18.3 Å². The summed E-state index contributed by atoms with van der Waals surface area (Å²) in [5.41, 5.74) is 3.38. The number of aromatic nitrogens is 1. The molecule has 0 bridgehead atoms. The molecule has 0 spiro atoms. The second-order valence-corrected chi connectivity index (χ2v) is 7.71. The van der Waals surface area contributed by atoms with E-state index in [2.05, 4.69) is 25.6 Å². The molecule has 0 aliphatic carbocycles. The number of oxime groups is 1. The Morgan fingerprint density at radius 2 is 2.15 bits per heavy atom. The molecule has 0 aromatic carbocycles. The van der Waals surface area contributed by atoms with Crippen LogP contribution in [0.15, 0.2) is 10.5 Å². The lowest BCUT2D eigenvalue weighted by Gasteiger charge is -2.51. The molecule has 3 amide bonds. The van der Waals surface area contributed by atoms with Crippen LogP contribution in [0.3, 0.4) is 0 Å². The van der Waals surface area contributed by atoms with Crippen molar-refractivity contribution in [2.75, 3.05) is 12.8 Å².